The average molecular weight is 238 g/mol. The second kappa shape index (κ2) is 3.31. The predicted molar refractivity (Wildman–Crippen MR) is 66.4 cm³/mol. The monoisotopic (exact) mass is 238 g/mol. The number of aryl methyl sites for hydroxylation is 1. The lowest BCUT2D eigenvalue weighted by Crippen LogP contribution is -2.44. The molecule has 0 bridgehead atoms. The summed E-state index contributed by atoms with van der Waals surface area (Å²) in [6.07, 6.45) is 0. The summed E-state index contributed by atoms with van der Waals surface area (Å²) in [6, 6.07) is 1.82. The van der Waals surface area contributed by atoms with Crippen molar-refractivity contribution in [3.05, 3.63) is 31.8 Å². The van der Waals surface area contributed by atoms with Crippen LogP contribution >= 0.6 is 11.3 Å². The zero-order chi connectivity index (χ0) is 12.1. The summed E-state index contributed by atoms with van der Waals surface area (Å²) < 4.78 is 1.27. The van der Waals surface area contributed by atoms with E-state index in [-0.39, 0.29) is 11.2 Å². The summed E-state index contributed by atoms with van der Waals surface area (Å²) in [7, 11) is 0. The molecule has 0 aliphatic heterocycles. The van der Waals surface area contributed by atoms with E-state index in [1.54, 1.807) is 0 Å². The summed E-state index contributed by atoms with van der Waals surface area (Å²) in [6.45, 7) is 7.45. The molecular weight excluding hydrogens is 224 g/mol. The Kier molecular flexibility index (Phi) is 2.31. The Morgan fingerprint density at radius 3 is 2.50 bits per heavy atom. The minimum atomic E-state index is -0.505. The molecule has 2 aromatic heterocycles. The zero-order valence-electron chi connectivity index (χ0n) is 9.75. The number of fused-ring (bicyclic) bond motifs is 1. The molecule has 86 valence electrons. The van der Waals surface area contributed by atoms with E-state index in [2.05, 4.69) is 4.98 Å². The average Bonchev–Trinajstić information content (AvgIpc) is 2.43. The van der Waals surface area contributed by atoms with Gasteiger partial charge in [0.25, 0.3) is 5.56 Å². The molecule has 0 fully saturated rings. The lowest BCUT2D eigenvalue weighted by molar-refractivity contribution is 0.370. The van der Waals surface area contributed by atoms with Crippen LogP contribution in [0, 0.1) is 6.92 Å². The third-order valence-electron chi connectivity index (χ3n) is 2.38. The topological polar surface area (TPSA) is 54.9 Å². The molecule has 0 saturated carbocycles. The normalized spacial score (nSPS) is 12.2. The molecule has 0 saturated heterocycles. The van der Waals surface area contributed by atoms with E-state index >= 15 is 0 Å². The molecule has 2 heterocycles. The van der Waals surface area contributed by atoms with E-state index in [1.165, 1.54) is 15.9 Å². The van der Waals surface area contributed by atoms with E-state index in [1.807, 2.05) is 33.8 Å². The SMILES string of the molecule is Cc1cc2c(=O)n(C(C)(C)C)c(=O)[nH]c2s1. The molecule has 2 aromatic rings. The van der Waals surface area contributed by atoms with E-state index in [9.17, 15) is 9.59 Å². The van der Waals surface area contributed by atoms with Crippen LogP contribution in [-0.4, -0.2) is 9.55 Å². The quantitative estimate of drug-likeness (QED) is 0.761. The van der Waals surface area contributed by atoms with Gasteiger partial charge < -0.3 is 0 Å². The summed E-state index contributed by atoms with van der Waals surface area (Å²) in [5.74, 6) is 0. The van der Waals surface area contributed by atoms with Gasteiger partial charge in [-0.05, 0) is 33.8 Å². The Balaban J connectivity index is 2.97. The van der Waals surface area contributed by atoms with Crippen LogP contribution < -0.4 is 11.2 Å². The predicted octanol–water partition coefficient (Wildman–Crippen LogP) is 1.81. The zero-order valence-corrected chi connectivity index (χ0v) is 10.6. The van der Waals surface area contributed by atoms with E-state index < -0.39 is 5.54 Å². The lowest BCUT2D eigenvalue weighted by atomic mass is 10.1. The highest BCUT2D eigenvalue weighted by Crippen LogP contribution is 2.19. The molecule has 0 unspecified atom stereocenters. The summed E-state index contributed by atoms with van der Waals surface area (Å²) in [5.41, 5.74) is -1.06. The van der Waals surface area contributed by atoms with Crippen LogP contribution in [0.3, 0.4) is 0 Å². The number of rotatable bonds is 0. The Morgan fingerprint density at radius 1 is 1.31 bits per heavy atom. The second-order valence-electron chi connectivity index (χ2n) is 4.84. The van der Waals surface area contributed by atoms with Gasteiger partial charge in [0.1, 0.15) is 4.83 Å². The van der Waals surface area contributed by atoms with Crippen molar-refractivity contribution in [3.8, 4) is 0 Å². The number of aromatic nitrogens is 2. The van der Waals surface area contributed by atoms with Gasteiger partial charge >= 0.3 is 5.69 Å². The number of nitrogens with zero attached hydrogens (tertiary/aromatic N) is 1. The maximum atomic E-state index is 12.2. The molecule has 0 aliphatic carbocycles. The summed E-state index contributed by atoms with van der Waals surface area (Å²) >= 11 is 1.43. The van der Waals surface area contributed by atoms with Crippen molar-refractivity contribution in [1.82, 2.24) is 9.55 Å². The molecule has 1 N–H and O–H groups in total. The molecule has 0 amide bonds. The summed E-state index contributed by atoms with van der Waals surface area (Å²) in [5, 5.41) is 0.594. The minimum Gasteiger partial charge on any atom is -0.298 e. The molecule has 16 heavy (non-hydrogen) atoms. The van der Waals surface area contributed by atoms with E-state index in [4.69, 9.17) is 0 Å². The Labute approximate surface area is 96.6 Å². The molecular formula is C11H14N2O2S. The Morgan fingerprint density at radius 2 is 1.94 bits per heavy atom. The first kappa shape index (κ1) is 11.1. The van der Waals surface area contributed by atoms with Crippen LogP contribution in [0.15, 0.2) is 15.7 Å². The van der Waals surface area contributed by atoms with Crippen LogP contribution in [0.4, 0.5) is 0 Å². The smallest absolute Gasteiger partial charge is 0.298 e. The Bertz CT molecular complexity index is 655. The fourth-order valence-corrected chi connectivity index (χ4v) is 2.63. The van der Waals surface area contributed by atoms with E-state index in [0.717, 1.165) is 4.88 Å². The van der Waals surface area contributed by atoms with Crippen LogP contribution in [0.2, 0.25) is 0 Å². The van der Waals surface area contributed by atoms with Gasteiger partial charge in [-0.25, -0.2) is 4.79 Å². The molecule has 0 spiro atoms. The van der Waals surface area contributed by atoms with Gasteiger partial charge in [-0.2, -0.15) is 0 Å². The standard InChI is InChI=1S/C11H14N2O2S/c1-6-5-7-8(16-6)12-10(15)13(9(7)14)11(2,3)4/h5H,1-4H3,(H,12,15). The van der Waals surface area contributed by atoms with Crippen LogP contribution in [0.1, 0.15) is 25.6 Å². The van der Waals surface area contributed by atoms with Gasteiger partial charge in [0.05, 0.1) is 5.39 Å². The molecule has 5 heteroatoms. The van der Waals surface area contributed by atoms with Gasteiger partial charge in [0.15, 0.2) is 0 Å². The highest BCUT2D eigenvalue weighted by Gasteiger charge is 2.20. The van der Waals surface area contributed by atoms with Crippen molar-refractivity contribution in [3.63, 3.8) is 0 Å². The van der Waals surface area contributed by atoms with Crippen LogP contribution in [0.25, 0.3) is 10.2 Å². The third-order valence-corrected chi connectivity index (χ3v) is 3.35. The molecule has 0 radical (unpaired) electrons. The molecule has 0 aliphatic rings. The number of nitrogens with one attached hydrogen (secondary N) is 1. The molecule has 4 nitrogen and oxygen atoms in total. The maximum Gasteiger partial charge on any atom is 0.329 e. The largest absolute Gasteiger partial charge is 0.329 e. The fraction of sp³-hybridized carbons (Fsp3) is 0.455. The second-order valence-corrected chi connectivity index (χ2v) is 6.10. The number of H-pyrrole nitrogens is 1. The lowest BCUT2D eigenvalue weighted by Gasteiger charge is -2.20. The summed E-state index contributed by atoms with van der Waals surface area (Å²) in [4.78, 5) is 28.4. The van der Waals surface area contributed by atoms with Gasteiger partial charge in [-0.1, -0.05) is 0 Å². The number of hydrogen-bond donors (Lipinski definition) is 1. The number of hydrogen-bond acceptors (Lipinski definition) is 3. The van der Waals surface area contributed by atoms with Gasteiger partial charge in [-0.15, -0.1) is 11.3 Å². The van der Waals surface area contributed by atoms with Crippen molar-refractivity contribution in [2.24, 2.45) is 0 Å². The van der Waals surface area contributed by atoms with Crippen molar-refractivity contribution in [1.29, 1.82) is 0 Å². The fourth-order valence-electron chi connectivity index (χ4n) is 1.74. The van der Waals surface area contributed by atoms with Crippen LogP contribution in [-0.2, 0) is 5.54 Å². The Hall–Kier alpha value is -1.36. The van der Waals surface area contributed by atoms with Gasteiger partial charge in [0, 0.05) is 10.4 Å². The first-order chi connectivity index (χ1) is 7.30. The molecule has 0 aromatic carbocycles. The first-order valence-electron chi connectivity index (χ1n) is 5.06. The maximum absolute atomic E-state index is 12.2. The van der Waals surface area contributed by atoms with Crippen LogP contribution in [0.5, 0.6) is 0 Å². The van der Waals surface area contributed by atoms with Crippen molar-refractivity contribution in [2.45, 2.75) is 33.2 Å². The third kappa shape index (κ3) is 1.61. The number of thiophene rings is 1. The van der Waals surface area contributed by atoms with Crippen molar-refractivity contribution < 1.29 is 0 Å². The molecule has 0 atom stereocenters. The first-order valence-corrected chi connectivity index (χ1v) is 5.88. The van der Waals surface area contributed by atoms with Gasteiger partial charge in [-0.3, -0.25) is 14.3 Å². The minimum absolute atomic E-state index is 0.212. The van der Waals surface area contributed by atoms with E-state index in [0.29, 0.717) is 10.2 Å². The van der Waals surface area contributed by atoms with Crippen molar-refractivity contribution >= 4 is 21.6 Å². The number of aromatic amines is 1. The highest BCUT2D eigenvalue weighted by molar-refractivity contribution is 7.18. The molecule has 2 rings (SSSR count). The highest BCUT2D eigenvalue weighted by atomic mass is 32.1. The van der Waals surface area contributed by atoms with Crippen molar-refractivity contribution in [2.75, 3.05) is 0 Å². The van der Waals surface area contributed by atoms with Gasteiger partial charge in [0.2, 0.25) is 0 Å².